The second kappa shape index (κ2) is 10.2. The summed E-state index contributed by atoms with van der Waals surface area (Å²) in [4.78, 5) is 24.1. The highest BCUT2D eigenvalue weighted by Crippen LogP contribution is 2.21. The fourth-order valence-corrected chi connectivity index (χ4v) is 4.38. The minimum atomic E-state index is 0.0911. The summed E-state index contributed by atoms with van der Waals surface area (Å²) < 4.78 is 5.49. The SMILES string of the molecule is CCN(c1ccc(C(=O)N2CCN(Cc3nc(-c4ccccc4C)no3)CC2)cc1)C(C)C. The first kappa shape index (κ1) is 23.0. The van der Waals surface area contributed by atoms with Crippen molar-refractivity contribution < 1.29 is 9.32 Å². The molecule has 7 nitrogen and oxygen atoms in total. The molecule has 33 heavy (non-hydrogen) atoms. The third-order valence-electron chi connectivity index (χ3n) is 6.28. The van der Waals surface area contributed by atoms with E-state index in [9.17, 15) is 4.79 Å². The summed E-state index contributed by atoms with van der Waals surface area (Å²) in [6.45, 7) is 13.0. The van der Waals surface area contributed by atoms with Crippen molar-refractivity contribution in [3.05, 3.63) is 65.5 Å². The maximum absolute atomic E-state index is 13.0. The third-order valence-corrected chi connectivity index (χ3v) is 6.28. The van der Waals surface area contributed by atoms with Gasteiger partial charge in [0.1, 0.15) is 0 Å². The van der Waals surface area contributed by atoms with Gasteiger partial charge in [0.25, 0.3) is 5.91 Å². The van der Waals surface area contributed by atoms with Crippen LogP contribution in [-0.4, -0.2) is 64.6 Å². The lowest BCUT2D eigenvalue weighted by molar-refractivity contribution is 0.0615. The van der Waals surface area contributed by atoms with Crippen molar-refractivity contribution in [1.82, 2.24) is 19.9 Å². The van der Waals surface area contributed by atoms with Gasteiger partial charge in [-0.1, -0.05) is 29.4 Å². The van der Waals surface area contributed by atoms with Crippen LogP contribution in [0.2, 0.25) is 0 Å². The Labute approximate surface area is 196 Å². The summed E-state index contributed by atoms with van der Waals surface area (Å²) in [6.07, 6.45) is 0. The van der Waals surface area contributed by atoms with E-state index >= 15 is 0 Å². The van der Waals surface area contributed by atoms with Crippen molar-refractivity contribution in [2.24, 2.45) is 0 Å². The lowest BCUT2D eigenvalue weighted by atomic mass is 10.1. The second-order valence-electron chi connectivity index (χ2n) is 8.82. The van der Waals surface area contributed by atoms with E-state index in [1.54, 1.807) is 0 Å². The number of anilines is 1. The molecule has 7 heteroatoms. The van der Waals surface area contributed by atoms with Gasteiger partial charge in [-0.25, -0.2) is 0 Å². The number of aryl methyl sites for hydroxylation is 1. The Morgan fingerprint density at radius 2 is 1.76 bits per heavy atom. The van der Waals surface area contributed by atoms with Crippen LogP contribution in [0.4, 0.5) is 5.69 Å². The molecule has 1 aromatic heterocycles. The highest BCUT2D eigenvalue weighted by molar-refractivity contribution is 5.94. The van der Waals surface area contributed by atoms with Crippen LogP contribution in [0.3, 0.4) is 0 Å². The van der Waals surface area contributed by atoms with Crippen LogP contribution in [-0.2, 0) is 6.54 Å². The van der Waals surface area contributed by atoms with E-state index in [-0.39, 0.29) is 5.91 Å². The number of carbonyl (C=O) groups excluding carboxylic acids is 1. The second-order valence-corrected chi connectivity index (χ2v) is 8.82. The summed E-state index contributed by atoms with van der Waals surface area (Å²) in [5, 5.41) is 4.15. The zero-order valence-electron chi connectivity index (χ0n) is 20.0. The van der Waals surface area contributed by atoms with Crippen molar-refractivity contribution in [1.29, 1.82) is 0 Å². The van der Waals surface area contributed by atoms with Gasteiger partial charge in [0.2, 0.25) is 11.7 Å². The number of nitrogens with zero attached hydrogens (tertiary/aromatic N) is 5. The quantitative estimate of drug-likeness (QED) is 0.540. The van der Waals surface area contributed by atoms with Gasteiger partial charge in [-0.2, -0.15) is 4.98 Å². The summed E-state index contributed by atoms with van der Waals surface area (Å²) in [6, 6.07) is 16.4. The van der Waals surface area contributed by atoms with E-state index in [1.807, 2.05) is 48.2 Å². The molecule has 0 radical (unpaired) electrons. The van der Waals surface area contributed by atoms with Crippen LogP contribution in [0.1, 0.15) is 42.6 Å². The van der Waals surface area contributed by atoms with Crippen LogP contribution < -0.4 is 4.90 Å². The number of amides is 1. The average molecular weight is 448 g/mol. The fourth-order valence-electron chi connectivity index (χ4n) is 4.38. The van der Waals surface area contributed by atoms with Crippen molar-refractivity contribution in [3.63, 3.8) is 0 Å². The molecule has 0 bridgehead atoms. The lowest BCUT2D eigenvalue weighted by Gasteiger charge is -2.34. The number of benzene rings is 2. The molecule has 4 rings (SSSR count). The molecule has 0 N–H and O–H groups in total. The van der Waals surface area contributed by atoms with Gasteiger partial charge in [0.05, 0.1) is 6.54 Å². The highest BCUT2D eigenvalue weighted by Gasteiger charge is 2.24. The van der Waals surface area contributed by atoms with Crippen LogP contribution in [0.25, 0.3) is 11.4 Å². The Kier molecular flexibility index (Phi) is 7.08. The Morgan fingerprint density at radius 1 is 1.06 bits per heavy atom. The molecule has 1 saturated heterocycles. The van der Waals surface area contributed by atoms with Gasteiger partial charge in [0, 0.05) is 55.6 Å². The van der Waals surface area contributed by atoms with E-state index in [4.69, 9.17) is 4.52 Å². The van der Waals surface area contributed by atoms with Gasteiger partial charge in [-0.3, -0.25) is 9.69 Å². The molecule has 2 heterocycles. The summed E-state index contributed by atoms with van der Waals surface area (Å²) >= 11 is 0. The largest absolute Gasteiger partial charge is 0.369 e. The van der Waals surface area contributed by atoms with E-state index in [0.717, 1.165) is 42.0 Å². The molecule has 0 atom stereocenters. The van der Waals surface area contributed by atoms with E-state index in [0.29, 0.717) is 37.4 Å². The molecule has 0 spiro atoms. The molecule has 1 aliphatic rings. The molecule has 1 fully saturated rings. The highest BCUT2D eigenvalue weighted by atomic mass is 16.5. The molecular weight excluding hydrogens is 414 g/mol. The minimum absolute atomic E-state index is 0.0911. The molecule has 3 aromatic rings. The van der Waals surface area contributed by atoms with E-state index in [1.165, 1.54) is 0 Å². The molecule has 0 aliphatic carbocycles. The summed E-state index contributed by atoms with van der Waals surface area (Å²) in [5.74, 6) is 1.32. The number of piperazine rings is 1. The Bertz CT molecular complexity index is 1070. The number of rotatable bonds is 7. The van der Waals surface area contributed by atoms with Crippen molar-refractivity contribution in [2.45, 2.75) is 40.3 Å². The normalized spacial score (nSPS) is 14.6. The van der Waals surface area contributed by atoms with Gasteiger partial charge in [0.15, 0.2) is 0 Å². The number of hydrogen-bond donors (Lipinski definition) is 0. The minimum Gasteiger partial charge on any atom is -0.369 e. The molecule has 1 amide bonds. The molecule has 0 saturated carbocycles. The zero-order chi connectivity index (χ0) is 23.4. The molecule has 1 aliphatic heterocycles. The smallest absolute Gasteiger partial charge is 0.253 e. The summed E-state index contributed by atoms with van der Waals surface area (Å²) in [7, 11) is 0. The van der Waals surface area contributed by atoms with Gasteiger partial charge in [-0.05, 0) is 57.5 Å². The Hall–Kier alpha value is -3.19. The van der Waals surface area contributed by atoms with Crippen molar-refractivity contribution >= 4 is 11.6 Å². The van der Waals surface area contributed by atoms with Crippen molar-refractivity contribution in [2.75, 3.05) is 37.6 Å². The predicted molar refractivity (Wildman–Crippen MR) is 130 cm³/mol. The molecule has 0 unspecified atom stereocenters. The Balaban J connectivity index is 1.32. The van der Waals surface area contributed by atoms with Gasteiger partial charge >= 0.3 is 0 Å². The average Bonchev–Trinajstić information content (AvgIpc) is 3.28. The first-order chi connectivity index (χ1) is 16.0. The predicted octanol–water partition coefficient (Wildman–Crippen LogP) is 4.24. The van der Waals surface area contributed by atoms with Crippen molar-refractivity contribution in [3.8, 4) is 11.4 Å². The van der Waals surface area contributed by atoms with E-state index in [2.05, 4.69) is 52.8 Å². The summed E-state index contributed by atoms with van der Waals surface area (Å²) in [5.41, 5.74) is 4.01. The topological polar surface area (TPSA) is 65.7 Å². The van der Waals surface area contributed by atoms with Gasteiger partial charge < -0.3 is 14.3 Å². The number of aromatic nitrogens is 2. The number of carbonyl (C=O) groups is 1. The van der Waals surface area contributed by atoms with E-state index < -0.39 is 0 Å². The Morgan fingerprint density at radius 3 is 2.39 bits per heavy atom. The van der Waals surface area contributed by atoms with Crippen LogP contribution in [0.15, 0.2) is 53.1 Å². The van der Waals surface area contributed by atoms with Crippen LogP contribution in [0.5, 0.6) is 0 Å². The fraction of sp³-hybridized carbons (Fsp3) is 0.423. The maximum Gasteiger partial charge on any atom is 0.253 e. The molecule has 2 aromatic carbocycles. The molecule has 174 valence electrons. The maximum atomic E-state index is 13.0. The van der Waals surface area contributed by atoms with Crippen LogP contribution >= 0.6 is 0 Å². The first-order valence-electron chi connectivity index (χ1n) is 11.7. The number of hydrogen-bond acceptors (Lipinski definition) is 6. The molecular formula is C26H33N5O2. The van der Waals surface area contributed by atoms with Gasteiger partial charge in [-0.15, -0.1) is 0 Å². The third kappa shape index (κ3) is 5.25. The standard InChI is InChI=1S/C26H33N5O2/c1-5-31(19(2)3)22-12-10-21(11-13-22)26(32)30-16-14-29(15-17-30)18-24-27-25(28-33-24)23-9-7-6-8-20(23)4/h6-13,19H,5,14-18H2,1-4H3. The monoisotopic (exact) mass is 447 g/mol. The van der Waals surface area contributed by atoms with Crippen LogP contribution in [0, 0.1) is 6.92 Å². The first-order valence-corrected chi connectivity index (χ1v) is 11.7. The zero-order valence-corrected chi connectivity index (χ0v) is 20.0. The lowest BCUT2D eigenvalue weighted by Crippen LogP contribution is -2.48.